The molecule has 0 saturated heterocycles. The summed E-state index contributed by atoms with van der Waals surface area (Å²) >= 11 is 0. The quantitative estimate of drug-likeness (QED) is 0.173. The molecule has 0 unspecified atom stereocenters. The van der Waals surface area contributed by atoms with Crippen LogP contribution in [0.1, 0.15) is 178 Å². The molecule has 0 aliphatic heterocycles. The molecule has 0 aliphatic carbocycles. The Balaban J connectivity index is 1.65. The number of phenols is 1. The summed E-state index contributed by atoms with van der Waals surface area (Å²) in [5.41, 5.74) is -15.1. The van der Waals surface area contributed by atoms with Gasteiger partial charge in [-0.1, -0.05) is 188 Å². The maximum Gasteiger partial charge on any atom is 0.149 e. The van der Waals surface area contributed by atoms with Crippen LogP contribution in [0.2, 0.25) is 0 Å². The molecule has 8 rings (SSSR count). The Morgan fingerprint density at radius 3 is 1.88 bits per heavy atom. The third-order valence-electron chi connectivity index (χ3n) is 11.6. The van der Waals surface area contributed by atoms with Crippen molar-refractivity contribution >= 4 is 11.0 Å². The number of benzene rings is 6. The summed E-state index contributed by atoms with van der Waals surface area (Å²) in [6.07, 6.45) is -0.966. The minimum absolute atomic E-state index is 0.0104. The second-order valence-electron chi connectivity index (χ2n) is 20.3. The Bertz CT molecular complexity index is 4350. The lowest BCUT2D eigenvalue weighted by Crippen LogP contribution is -2.17. The van der Waals surface area contributed by atoms with Gasteiger partial charge in [0.25, 0.3) is 0 Å². The van der Waals surface area contributed by atoms with Crippen LogP contribution < -0.4 is 0 Å². The van der Waals surface area contributed by atoms with Gasteiger partial charge in [0.1, 0.15) is 11.6 Å². The third-order valence-corrected chi connectivity index (χ3v) is 11.6. The molecule has 4 heteroatoms. The van der Waals surface area contributed by atoms with E-state index in [1.54, 1.807) is 71.9 Å². The van der Waals surface area contributed by atoms with Gasteiger partial charge in [-0.2, -0.15) is 0 Å². The number of pyridine rings is 1. The molecule has 2 heterocycles. The number of fused-ring (bicyclic) bond motifs is 1. The molecule has 1 N–H and O–H groups in total. The molecule has 0 saturated carbocycles. The summed E-state index contributed by atoms with van der Waals surface area (Å²) in [5, 5.41) is 13.2. The molecule has 0 radical (unpaired) electrons. The molecular formula is C64H73N3O. The van der Waals surface area contributed by atoms with Crippen molar-refractivity contribution in [2.45, 2.75) is 138 Å². The fraction of sp³-hybridized carbons (Fsp3) is 0.344. The van der Waals surface area contributed by atoms with E-state index in [1.807, 2.05) is 20.8 Å². The van der Waals surface area contributed by atoms with Crippen LogP contribution in [0.3, 0.4) is 0 Å². The van der Waals surface area contributed by atoms with Crippen molar-refractivity contribution in [3.63, 3.8) is 0 Å². The van der Waals surface area contributed by atoms with Gasteiger partial charge >= 0.3 is 0 Å². The van der Waals surface area contributed by atoms with Crippen molar-refractivity contribution in [2.24, 2.45) is 5.41 Å². The smallest absolute Gasteiger partial charge is 0.149 e. The minimum atomic E-state index is -4.34. The molecule has 0 amide bonds. The van der Waals surface area contributed by atoms with E-state index < -0.39 is 145 Å². The number of rotatable bonds is 7. The van der Waals surface area contributed by atoms with Crippen LogP contribution in [0.5, 0.6) is 5.75 Å². The SMILES string of the molecule is [2H]c1cc(C([2H])([2H])C(C)(C)C)cc([2H])c1-c1cc(-c2cc(-c3cccc4c3nc(-c3cc(C(C([2H])([2H])[2H])(C([2H])([2H])[2H])C([2H])([2H])[2H])cc(C(C([2H])([2H])[2H])(C([2H])([2H])[2H])C([2H])([2H])[2H])c3O)n4-c3ccc(C(C)(C)C)cc3-c3c([2H])c([2H])c([2H])c([2H])c3[2H])cc(C(C)(C)C)c2)ncc1C([2H])([2H])[2H]. The second kappa shape index (κ2) is 17.4. The zero-order valence-corrected chi connectivity index (χ0v) is 39.4. The highest BCUT2D eigenvalue weighted by atomic mass is 16.3. The van der Waals surface area contributed by atoms with E-state index in [9.17, 15) is 10.6 Å². The van der Waals surface area contributed by atoms with Gasteiger partial charge in [-0.25, -0.2) is 4.98 Å². The highest BCUT2D eigenvalue weighted by molar-refractivity contribution is 5.98. The predicted molar refractivity (Wildman–Crippen MR) is 290 cm³/mol. The van der Waals surface area contributed by atoms with E-state index in [4.69, 9.17) is 40.6 Å². The second-order valence-corrected chi connectivity index (χ2v) is 20.3. The number of para-hydroxylation sites is 1. The van der Waals surface area contributed by atoms with Crippen LogP contribution >= 0.6 is 0 Å². The van der Waals surface area contributed by atoms with Crippen LogP contribution in [-0.4, -0.2) is 19.6 Å². The molecule has 0 fully saturated rings. The number of hydrogen-bond acceptors (Lipinski definition) is 3. The van der Waals surface area contributed by atoms with Crippen molar-refractivity contribution in [2.75, 3.05) is 0 Å². The van der Waals surface area contributed by atoms with E-state index in [-0.39, 0.29) is 85.1 Å². The van der Waals surface area contributed by atoms with Crippen molar-refractivity contribution in [3.8, 4) is 67.5 Å². The van der Waals surface area contributed by atoms with Gasteiger partial charge in [0.2, 0.25) is 0 Å². The lowest BCUT2D eigenvalue weighted by molar-refractivity contribution is 0.411. The first-order valence-corrected chi connectivity index (χ1v) is 22.0. The zero-order chi connectivity index (χ0) is 74.7. The molecule has 2 aromatic heterocycles. The molecule has 4 nitrogen and oxygen atoms in total. The maximum atomic E-state index is 13.2. The standard InChI is InChI=1S/C64H73N3O/c1-40-39-65-54(37-50(40)43-27-25-41(26-28-43)38-60(2,3)4)45-31-44(32-47(33-45)62(8,9)10)49-23-20-24-56-57(49)66-59(52-35-48(63(11,12)13)36-53(58(52)68)64(14,15)16)67(56)55-30-29-46(61(5,6)7)34-51(55)42-21-18-17-19-22-42/h17-37,39,68H,38H2,1-16H3/i1D3,11D3,12D3,13D3,14D3,15D3,16D3,17D,18D,19D,21D,22D,27D,28D,38D2. The van der Waals surface area contributed by atoms with Crippen molar-refractivity contribution in [1.82, 2.24) is 14.5 Å². The molecule has 68 heavy (non-hydrogen) atoms. The zero-order valence-electron chi connectivity index (χ0n) is 69.4. The summed E-state index contributed by atoms with van der Waals surface area (Å²) in [6, 6.07) is 14.0. The normalized spacial score (nSPS) is 20.8. The first-order valence-electron chi connectivity index (χ1n) is 37.0. The van der Waals surface area contributed by atoms with Gasteiger partial charge in [0, 0.05) is 60.0 Å². The lowest BCUT2D eigenvalue weighted by Gasteiger charge is -2.28. The average molecular weight is 930 g/mol. The summed E-state index contributed by atoms with van der Waals surface area (Å²) in [7, 11) is 0. The molecule has 0 bridgehead atoms. The Kier molecular flexibility index (Phi) is 5.96. The van der Waals surface area contributed by atoms with Gasteiger partial charge < -0.3 is 5.11 Å². The van der Waals surface area contributed by atoms with E-state index in [1.165, 1.54) is 47.0 Å². The fourth-order valence-corrected chi connectivity index (χ4v) is 8.07. The summed E-state index contributed by atoms with van der Waals surface area (Å²) in [6.45, 7) is -12.5. The van der Waals surface area contributed by atoms with Gasteiger partial charge in [0.15, 0.2) is 0 Å². The summed E-state index contributed by atoms with van der Waals surface area (Å²) in [4.78, 5) is 9.71. The van der Waals surface area contributed by atoms with E-state index >= 15 is 0 Å². The predicted octanol–water partition coefficient (Wildman–Crippen LogP) is 17.5. The monoisotopic (exact) mass is 930 g/mol. The molecular weight excluding hydrogens is 827 g/mol. The number of aromatic nitrogens is 3. The lowest BCUT2D eigenvalue weighted by atomic mass is 9.79. The van der Waals surface area contributed by atoms with Crippen LogP contribution in [-0.2, 0) is 28.0 Å². The number of aryl methyl sites for hydroxylation is 1. The Hall–Kier alpha value is -6.26. The van der Waals surface area contributed by atoms with E-state index in [0.717, 1.165) is 6.20 Å². The first-order chi connectivity index (χ1) is 44.0. The number of nitrogens with zero attached hydrogens (tertiary/aromatic N) is 3. The first kappa shape index (κ1) is 23.4. The van der Waals surface area contributed by atoms with Gasteiger partial charge in [-0.3, -0.25) is 9.55 Å². The minimum Gasteiger partial charge on any atom is -0.507 e. The van der Waals surface area contributed by atoms with E-state index in [0.29, 0.717) is 17.2 Å². The molecule has 8 aromatic rings. The van der Waals surface area contributed by atoms with Crippen molar-refractivity contribution in [1.29, 1.82) is 0 Å². The number of aromatic hydroxyl groups is 1. The van der Waals surface area contributed by atoms with Gasteiger partial charge in [-0.15, -0.1) is 0 Å². The molecule has 6 aromatic carbocycles. The topological polar surface area (TPSA) is 50.9 Å². The molecule has 0 aliphatic rings. The summed E-state index contributed by atoms with van der Waals surface area (Å²) < 4.78 is 267. The molecule has 0 atom stereocenters. The Morgan fingerprint density at radius 2 is 1.24 bits per heavy atom. The third kappa shape index (κ3) is 9.84. The van der Waals surface area contributed by atoms with Crippen molar-refractivity contribution in [3.05, 3.63) is 167 Å². The highest BCUT2D eigenvalue weighted by Crippen LogP contribution is 2.46. The van der Waals surface area contributed by atoms with Gasteiger partial charge in [-0.05, 0) is 133 Å². The number of phenolic OH excluding ortho intramolecular Hbond substituents is 1. The Morgan fingerprint density at radius 1 is 0.588 bits per heavy atom. The number of hydrogen-bond donors (Lipinski definition) is 1. The van der Waals surface area contributed by atoms with Crippen LogP contribution in [0.25, 0.3) is 72.7 Å². The Labute approximate surface area is 449 Å². The van der Waals surface area contributed by atoms with Crippen LogP contribution in [0.15, 0.2) is 133 Å². The van der Waals surface area contributed by atoms with Crippen molar-refractivity contribution < 1.29 is 46.2 Å². The molecule has 350 valence electrons. The van der Waals surface area contributed by atoms with Crippen LogP contribution in [0, 0.1) is 12.3 Å². The molecule has 0 spiro atoms. The van der Waals surface area contributed by atoms with Gasteiger partial charge in [0.05, 0.1) is 37.6 Å². The van der Waals surface area contributed by atoms with E-state index in [2.05, 4.69) is 4.98 Å². The number of imidazole rings is 1. The fourth-order valence-electron chi connectivity index (χ4n) is 8.07. The largest absolute Gasteiger partial charge is 0.507 e. The highest BCUT2D eigenvalue weighted by Gasteiger charge is 2.30. The summed E-state index contributed by atoms with van der Waals surface area (Å²) in [5.74, 6) is -2.34. The van der Waals surface area contributed by atoms with Crippen LogP contribution in [0.4, 0.5) is 0 Å². The average Bonchev–Trinajstić information content (AvgIpc) is 0.835. The maximum absolute atomic E-state index is 13.2.